The van der Waals surface area contributed by atoms with Crippen LogP contribution in [-0.2, 0) is 15.3 Å². The van der Waals surface area contributed by atoms with E-state index in [4.69, 9.17) is 0 Å². The number of thioether (sulfide) groups is 1. The van der Waals surface area contributed by atoms with Crippen molar-refractivity contribution in [1.29, 1.82) is 0 Å². The van der Waals surface area contributed by atoms with Gasteiger partial charge in [-0.15, -0.1) is 0 Å². The molecule has 1 heterocycles. The van der Waals surface area contributed by atoms with Gasteiger partial charge >= 0.3 is 0 Å². The van der Waals surface area contributed by atoms with Crippen molar-refractivity contribution in [2.24, 2.45) is 5.92 Å². The molecule has 1 saturated heterocycles. The van der Waals surface area contributed by atoms with E-state index in [1.807, 2.05) is 11.8 Å². The average molecular weight is 334 g/mol. The highest BCUT2D eigenvalue weighted by atomic mass is 32.2. The summed E-state index contributed by atoms with van der Waals surface area (Å²) >= 11 is 1.84. The van der Waals surface area contributed by atoms with Gasteiger partial charge in [0.1, 0.15) is 0 Å². The van der Waals surface area contributed by atoms with Crippen molar-refractivity contribution in [1.82, 2.24) is 10.2 Å². The fourth-order valence-corrected chi connectivity index (χ4v) is 3.76. The van der Waals surface area contributed by atoms with E-state index in [1.54, 1.807) is 11.8 Å². The smallest absolute Gasteiger partial charge is 0.224 e. The van der Waals surface area contributed by atoms with Crippen LogP contribution in [0.15, 0.2) is 24.3 Å². The highest BCUT2D eigenvalue weighted by Crippen LogP contribution is 2.17. The lowest BCUT2D eigenvalue weighted by Gasteiger charge is -2.31. The zero-order chi connectivity index (χ0) is 16.7. The van der Waals surface area contributed by atoms with Gasteiger partial charge in [0.2, 0.25) is 11.8 Å². The maximum absolute atomic E-state index is 12.2. The molecule has 1 atom stereocenters. The van der Waals surface area contributed by atoms with Gasteiger partial charge in [-0.2, -0.15) is 11.8 Å². The quantitative estimate of drug-likeness (QED) is 0.814. The molecule has 0 aliphatic carbocycles. The first-order valence-corrected chi connectivity index (χ1v) is 9.39. The minimum absolute atomic E-state index is 0.0472. The zero-order valence-electron chi connectivity index (χ0n) is 14.0. The van der Waals surface area contributed by atoms with Crippen molar-refractivity contribution in [3.8, 4) is 0 Å². The van der Waals surface area contributed by atoms with Gasteiger partial charge in [-0.3, -0.25) is 9.59 Å². The lowest BCUT2D eigenvalue weighted by Crippen LogP contribution is -2.45. The topological polar surface area (TPSA) is 49.4 Å². The number of amides is 2. The SMILES string of the molecule is CC(=O)N1CCC[C@H](C(=O)NCCSCc2ccccc2C)C1. The number of hydrogen-bond donors (Lipinski definition) is 1. The largest absolute Gasteiger partial charge is 0.355 e. The molecule has 0 unspecified atom stereocenters. The summed E-state index contributed by atoms with van der Waals surface area (Å²) in [6, 6.07) is 8.40. The number of nitrogens with zero attached hydrogens (tertiary/aromatic N) is 1. The second kappa shape index (κ2) is 8.96. The number of piperidine rings is 1. The van der Waals surface area contributed by atoms with Gasteiger partial charge in [-0.05, 0) is 30.9 Å². The van der Waals surface area contributed by atoms with E-state index in [1.165, 1.54) is 11.1 Å². The fraction of sp³-hybridized carbons (Fsp3) is 0.556. The number of aryl methyl sites for hydroxylation is 1. The molecule has 1 aromatic carbocycles. The number of nitrogens with one attached hydrogen (secondary N) is 1. The molecule has 1 N–H and O–H groups in total. The van der Waals surface area contributed by atoms with Crippen molar-refractivity contribution in [2.45, 2.75) is 32.4 Å². The molecule has 23 heavy (non-hydrogen) atoms. The van der Waals surface area contributed by atoms with Crippen LogP contribution < -0.4 is 5.32 Å². The maximum atomic E-state index is 12.2. The minimum Gasteiger partial charge on any atom is -0.355 e. The molecule has 0 saturated carbocycles. The Morgan fingerprint density at radius 1 is 1.35 bits per heavy atom. The van der Waals surface area contributed by atoms with Gasteiger partial charge in [0.25, 0.3) is 0 Å². The second-order valence-corrected chi connectivity index (χ2v) is 7.18. The van der Waals surface area contributed by atoms with Crippen LogP contribution in [-0.4, -0.2) is 42.1 Å². The molecule has 1 aliphatic heterocycles. The molecule has 0 radical (unpaired) electrons. The predicted molar refractivity (Wildman–Crippen MR) is 95.3 cm³/mol. The molecule has 2 rings (SSSR count). The molecule has 4 nitrogen and oxygen atoms in total. The third kappa shape index (κ3) is 5.57. The van der Waals surface area contributed by atoms with Gasteiger partial charge in [0.05, 0.1) is 5.92 Å². The normalized spacial score (nSPS) is 17.8. The van der Waals surface area contributed by atoms with Crippen LogP contribution >= 0.6 is 11.8 Å². The van der Waals surface area contributed by atoms with Crippen molar-refractivity contribution >= 4 is 23.6 Å². The number of likely N-dealkylation sites (tertiary alicyclic amines) is 1. The molecular weight excluding hydrogens is 308 g/mol. The van der Waals surface area contributed by atoms with Crippen LogP contribution in [0.4, 0.5) is 0 Å². The highest BCUT2D eigenvalue weighted by Gasteiger charge is 2.26. The molecular formula is C18H26N2O2S. The van der Waals surface area contributed by atoms with Gasteiger partial charge in [-0.1, -0.05) is 24.3 Å². The summed E-state index contributed by atoms with van der Waals surface area (Å²) in [5.41, 5.74) is 2.67. The lowest BCUT2D eigenvalue weighted by molar-refractivity contribution is -0.133. The van der Waals surface area contributed by atoms with Crippen molar-refractivity contribution < 1.29 is 9.59 Å². The van der Waals surface area contributed by atoms with Crippen molar-refractivity contribution in [2.75, 3.05) is 25.4 Å². The molecule has 5 heteroatoms. The summed E-state index contributed by atoms with van der Waals surface area (Å²) in [6.07, 6.45) is 1.80. The van der Waals surface area contributed by atoms with E-state index in [0.29, 0.717) is 13.1 Å². The molecule has 126 valence electrons. The van der Waals surface area contributed by atoms with Crippen LogP contribution in [0.5, 0.6) is 0 Å². The van der Waals surface area contributed by atoms with Crippen LogP contribution in [0.2, 0.25) is 0 Å². The van der Waals surface area contributed by atoms with Crippen molar-refractivity contribution in [3.63, 3.8) is 0 Å². The first kappa shape index (κ1) is 17.9. The van der Waals surface area contributed by atoms with E-state index in [-0.39, 0.29) is 17.7 Å². The maximum Gasteiger partial charge on any atom is 0.224 e. The molecule has 0 bridgehead atoms. The summed E-state index contributed by atoms with van der Waals surface area (Å²) in [5.74, 6) is 1.99. The Morgan fingerprint density at radius 2 is 2.13 bits per heavy atom. The standard InChI is InChI=1S/C18H26N2O2S/c1-14-6-3-4-7-17(14)13-23-11-9-19-18(22)16-8-5-10-20(12-16)15(2)21/h3-4,6-7,16H,5,8-13H2,1-2H3,(H,19,22)/t16-/m0/s1. The lowest BCUT2D eigenvalue weighted by atomic mass is 9.97. The van der Waals surface area contributed by atoms with Gasteiger partial charge < -0.3 is 10.2 Å². The molecule has 1 aromatic rings. The average Bonchev–Trinajstić information content (AvgIpc) is 2.56. The van der Waals surface area contributed by atoms with E-state index in [0.717, 1.165) is 30.9 Å². The predicted octanol–water partition coefficient (Wildman–Crippen LogP) is 2.60. The number of rotatable bonds is 6. The fourth-order valence-electron chi connectivity index (χ4n) is 2.82. The Hall–Kier alpha value is -1.49. The Kier molecular flexibility index (Phi) is 6.96. The third-order valence-corrected chi connectivity index (χ3v) is 5.31. The molecule has 2 amide bonds. The molecule has 0 aromatic heterocycles. The van der Waals surface area contributed by atoms with Gasteiger partial charge in [0, 0.05) is 38.1 Å². The van der Waals surface area contributed by atoms with Crippen LogP contribution in [0, 0.1) is 12.8 Å². The van der Waals surface area contributed by atoms with E-state index in [2.05, 4.69) is 36.5 Å². The minimum atomic E-state index is -0.0472. The van der Waals surface area contributed by atoms with Gasteiger partial charge in [-0.25, -0.2) is 0 Å². The monoisotopic (exact) mass is 334 g/mol. The van der Waals surface area contributed by atoms with Crippen LogP contribution in [0.1, 0.15) is 30.9 Å². The first-order valence-electron chi connectivity index (χ1n) is 8.23. The summed E-state index contributed by atoms with van der Waals surface area (Å²) < 4.78 is 0. The van der Waals surface area contributed by atoms with Crippen LogP contribution in [0.25, 0.3) is 0 Å². The summed E-state index contributed by atoms with van der Waals surface area (Å²) in [5, 5.41) is 3.02. The van der Waals surface area contributed by atoms with Crippen molar-refractivity contribution in [3.05, 3.63) is 35.4 Å². The number of carbonyl (C=O) groups is 2. The number of benzene rings is 1. The van der Waals surface area contributed by atoms with E-state index >= 15 is 0 Å². The molecule has 1 aliphatic rings. The van der Waals surface area contributed by atoms with E-state index in [9.17, 15) is 9.59 Å². The Morgan fingerprint density at radius 3 is 2.87 bits per heavy atom. The molecule has 0 spiro atoms. The Balaban J connectivity index is 1.65. The second-order valence-electron chi connectivity index (χ2n) is 6.07. The Bertz CT molecular complexity index is 548. The number of hydrogen-bond acceptors (Lipinski definition) is 3. The third-order valence-electron chi connectivity index (χ3n) is 4.30. The molecule has 1 fully saturated rings. The summed E-state index contributed by atoms with van der Waals surface area (Å²) in [7, 11) is 0. The highest BCUT2D eigenvalue weighted by molar-refractivity contribution is 7.98. The number of carbonyl (C=O) groups excluding carboxylic acids is 2. The Labute approximate surface area is 143 Å². The zero-order valence-corrected chi connectivity index (χ0v) is 14.8. The summed E-state index contributed by atoms with van der Waals surface area (Å²) in [6.45, 7) is 5.73. The van der Waals surface area contributed by atoms with E-state index < -0.39 is 0 Å². The van der Waals surface area contributed by atoms with Gasteiger partial charge in [0.15, 0.2) is 0 Å². The van der Waals surface area contributed by atoms with Crippen LogP contribution in [0.3, 0.4) is 0 Å². The first-order chi connectivity index (χ1) is 11.1. The summed E-state index contributed by atoms with van der Waals surface area (Å²) in [4.78, 5) is 25.4.